The van der Waals surface area contributed by atoms with Crippen LogP contribution < -0.4 is 21.3 Å². The molecule has 0 radical (unpaired) electrons. The third kappa shape index (κ3) is 11.7. The Balaban J connectivity index is 1.47. The first-order valence-electron chi connectivity index (χ1n) is 17.2. The molecule has 4 amide bonds. The summed E-state index contributed by atoms with van der Waals surface area (Å²) in [5.41, 5.74) is -0.0554. The lowest BCUT2D eigenvalue weighted by Crippen LogP contribution is -2.54. The molecule has 52 heavy (non-hydrogen) atoms. The molecular weight excluding hydrogens is 664 g/mol. The molecule has 0 saturated carbocycles. The van der Waals surface area contributed by atoms with Gasteiger partial charge >= 0.3 is 18.2 Å². The highest BCUT2D eigenvalue weighted by molar-refractivity contribution is 5.92. The minimum Gasteiger partial charge on any atom is -0.480 e. The molecule has 0 aliphatic heterocycles. The van der Waals surface area contributed by atoms with Crippen molar-refractivity contribution in [3.63, 3.8) is 0 Å². The van der Waals surface area contributed by atoms with Gasteiger partial charge in [0.1, 0.15) is 29.3 Å². The predicted octanol–water partition coefficient (Wildman–Crippen LogP) is 5.64. The molecule has 0 aliphatic rings. The zero-order chi connectivity index (χ0) is 38.1. The lowest BCUT2D eigenvalue weighted by molar-refractivity contribution is -0.142. The van der Waals surface area contributed by atoms with Crippen molar-refractivity contribution in [2.45, 2.75) is 90.1 Å². The van der Waals surface area contributed by atoms with Crippen molar-refractivity contribution < 1.29 is 38.6 Å². The molecule has 4 aromatic carbocycles. The number of fused-ring (bicyclic) bond motifs is 2. The summed E-state index contributed by atoms with van der Waals surface area (Å²) in [4.78, 5) is 65.1. The van der Waals surface area contributed by atoms with Gasteiger partial charge in [-0.25, -0.2) is 14.4 Å². The Morgan fingerprint density at radius 1 is 0.577 bits per heavy atom. The fourth-order valence-electron chi connectivity index (χ4n) is 5.69. The molecule has 0 aliphatic carbocycles. The minimum absolute atomic E-state index is 0.0572. The standard InChI is InChI=1S/C40H48N4O8/c1-39(2,3)51-37(49)43-32(23-27-17-11-15-25-13-7-9-19-29(25)27)34(45)41-22-21-31(36(47)48)42-35(46)33(44-38(50)52-40(4,5)6)24-28-18-12-16-26-14-8-10-20-30(26)28/h7-20,31-33H,21-24H2,1-6H3,(H,41,45)(H,42,46)(H,43,49)(H,44,50)(H,47,48)/t31?,32-,33-/m0/s1. The van der Waals surface area contributed by atoms with E-state index in [0.717, 1.165) is 32.7 Å². The van der Waals surface area contributed by atoms with E-state index in [4.69, 9.17) is 9.47 Å². The summed E-state index contributed by atoms with van der Waals surface area (Å²) in [5.74, 6) is -2.63. The van der Waals surface area contributed by atoms with E-state index in [9.17, 15) is 29.1 Å². The Labute approximate surface area is 303 Å². The van der Waals surface area contributed by atoms with Crippen LogP contribution in [-0.2, 0) is 36.7 Å². The number of carboxylic acids is 1. The quantitative estimate of drug-likeness (QED) is 0.119. The Morgan fingerprint density at radius 3 is 1.44 bits per heavy atom. The number of alkyl carbamates (subject to hydrolysis) is 2. The van der Waals surface area contributed by atoms with Gasteiger partial charge in [-0.3, -0.25) is 9.59 Å². The second-order valence-corrected chi connectivity index (χ2v) is 14.6. The van der Waals surface area contributed by atoms with Crippen LogP contribution in [0.4, 0.5) is 9.59 Å². The van der Waals surface area contributed by atoms with Crippen LogP contribution in [0.1, 0.15) is 59.1 Å². The number of hydrogen-bond donors (Lipinski definition) is 5. The van der Waals surface area contributed by atoms with Crippen LogP contribution in [0.2, 0.25) is 0 Å². The number of carboxylic acid groups (broad SMARTS) is 1. The number of benzene rings is 4. The summed E-state index contributed by atoms with van der Waals surface area (Å²) < 4.78 is 10.8. The highest BCUT2D eigenvalue weighted by atomic mass is 16.6. The number of nitrogens with one attached hydrogen (secondary N) is 4. The van der Waals surface area contributed by atoms with Crippen molar-refractivity contribution in [2.75, 3.05) is 6.54 Å². The molecular formula is C40H48N4O8. The summed E-state index contributed by atoms with van der Waals surface area (Å²) in [6.45, 7) is 10.1. The summed E-state index contributed by atoms with van der Waals surface area (Å²) in [6.07, 6.45) is -1.60. The van der Waals surface area contributed by atoms with Gasteiger partial charge in [-0.2, -0.15) is 0 Å². The molecule has 0 spiro atoms. The molecule has 12 heteroatoms. The number of ether oxygens (including phenoxy) is 2. The molecule has 0 heterocycles. The zero-order valence-electron chi connectivity index (χ0n) is 30.4. The predicted molar refractivity (Wildman–Crippen MR) is 199 cm³/mol. The number of aliphatic carboxylic acids is 1. The normalized spacial score (nSPS) is 13.3. The number of amides is 4. The fraction of sp³-hybridized carbons (Fsp3) is 0.375. The van der Waals surface area contributed by atoms with Gasteiger partial charge in [-0.15, -0.1) is 0 Å². The Morgan fingerprint density at radius 2 is 1.00 bits per heavy atom. The molecule has 4 rings (SSSR count). The first-order chi connectivity index (χ1) is 24.5. The molecule has 1 unspecified atom stereocenters. The second-order valence-electron chi connectivity index (χ2n) is 14.6. The average Bonchev–Trinajstić information content (AvgIpc) is 3.05. The van der Waals surface area contributed by atoms with Crippen molar-refractivity contribution in [1.82, 2.24) is 21.3 Å². The third-order valence-corrected chi connectivity index (χ3v) is 7.97. The highest BCUT2D eigenvalue weighted by Gasteiger charge is 2.30. The molecule has 0 saturated heterocycles. The fourth-order valence-corrected chi connectivity index (χ4v) is 5.69. The molecule has 4 aromatic rings. The van der Waals surface area contributed by atoms with Crippen molar-refractivity contribution in [3.8, 4) is 0 Å². The maximum atomic E-state index is 13.7. The summed E-state index contributed by atoms with van der Waals surface area (Å²) in [5, 5.41) is 24.2. The van der Waals surface area contributed by atoms with E-state index in [1.807, 2.05) is 84.9 Å². The van der Waals surface area contributed by atoms with Gasteiger partial charge in [0, 0.05) is 19.4 Å². The monoisotopic (exact) mass is 712 g/mol. The average molecular weight is 713 g/mol. The van der Waals surface area contributed by atoms with E-state index >= 15 is 0 Å². The van der Waals surface area contributed by atoms with E-state index in [1.54, 1.807) is 41.5 Å². The summed E-state index contributed by atoms with van der Waals surface area (Å²) in [6, 6.07) is 22.9. The zero-order valence-corrected chi connectivity index (χ0v) is 30.4. The number of carbonyl (C=O) groups excluding carboxylic acids is 4. The summed E-state index contributed by atoms with van der Waals surface area (Å²) in [7, 11) is 0. The van der Waals surface area contributed by atoms with Crippen LogP contribution in [-0.4, -0.2) is 70.9 Å². The molecule has 0 bridgehead atoms. The van der Waals surface area contributed by atoms with Crippen LogP contribution >= 0.6 is 0 Å². The number of rotatable bonds is 13. The third-order valence-electron chi connectivity index (χ3n) is 7.97. The second kappa shape index (κ2) is 17.0. The van der Waals surface area contributed by atoms with Gasteiger partial charge < -0.3 is 35.8 Å². The van der Waals surface area contributed by atoms with Crippen molar-refractivity contribution in [1.29, 1.82) is 0 Å². The first kappa shape index (κ1) is 39.1. The molecule has 276 valence electrons. The van der Waals surface area contributed by atoms with E-state index < -0.39 is 59.3 Å². The van der Waals surface area contributed by atoms with Gasteiger partial charge in [0.15, 0.2) is 0 Å². The molecule has 12 nitrogen and oxygen atoms in total. The molecule has 0 aromatic heterocycles. The Bertz CT molecular complexity index is 1900. The van der Waals surface area contributed by atoms with Crippen LogP contribution in [0.5, 0.6) is 0 Å². The largest absolute Gasteiger partial charge is 0.480 e. The molecule has 5 N–H and O–H groups in total. The van der Waals surface area contributed by atoms with Gasteiger partial charge in [-0.1, -0.05) is 84.9 Å². The van der Waals surface area contributed by atoms with E-state index in [0.29, 0.717) is 0 Å². The van der Waals surface area contributed by atoms with E-state index in [-0.39, 0.29) is 25.8 Å². The lowest BCUT2D eigenvalue weighted by Gasteiger charge is -2.25. The smallest absolute Gasteiger partial charge is 0.408 e. The van der Waals surface area contributed by atoms with Crippen molar-refractivity contribution >= 4 is 51.5 Å². The lowest BCUT2D eigenvalue weighted by atomic mass is 9.98. The topological polar surface area (TPSA) is 172 Å². The Kier molecular flexibility index (Phi) is 12.8. The van der Waals surface area contributed by atoms with Crippen LogP contribution in [0.3, 0.4) is 0 Å². The van der Waals surface area contributed by atoms with Crippen LogP contribution in [0.15, 0.2) is 84.9 Å². The van der Waals surface area contributed by atoms with Gasteiger partial charge in [0.25, 0.3) is 0 Å². The SMILES string of the molecule is CC(C)(C)OC(=O)N[C@@H](Cc1cccc2ccccc12)C(=O)NCCC(NC(=O)[C@H](Cc1cccc2ccccc12)NC(=O)OC(C)(C)C)C(=O)O. The van der Waals surface area contributed by atoms with E-state index in [2.05, 4.69) is 21.3 Å². The molecule has 3 atom stereocenters. The highest BCUT2D eigenvalue weighted by Crippen LogP contribution is 2.22. The number of carbonyl (C=O) groups is 5. The van der Waals surface area contributed by atoms with E-state index in [1.165, 1.54) is 0 Å². The Hall–Kier alpha value is -5.65. The maximum absolute atomic E-state index is 13.7. The maximum Gasteiger partial charge on any atom is 0.408 e. The molecule has 0 fully saturated rings. The first-order valence-corrected chi connectivity index (χ1v) is 17.2. The van der Waals surface area contributed by atoms with Gasteiger partial charge in [0.2, 0.25) is 11.8 Å². The van der Waals surface area contributed by atoms with Gasteiger partial charge in [0.05, 0.1) is 0 Å². The van der Waals surface area contributed by atoms with Crippen LogP contribution in [0.25, 0.3) is 21.5 Å². The number of hydrogen-bond acceptors (Lipinski definition) is 7. The van der Waals surface area contributed by atoms with Crippen molar-refractivity contribution in [3.05, 3.63) is 96.1 Å². The minimum atomic E-state index is -1.42. The van der Waals surface area contributed by atoms with Crippen molar-refractivity contribution in [2.24, 2.45) is 0 Å². The van der Waals surface area contributed by atoms with Crippen LogP contribution in [0, 0.1) is 0 Å². The van der Waals surface area contributed by atoms with Gasteiger partial charge in [-0.05, 0) is 80.6 Å². The summed E-state index contributed by atoms with van der Waals surface area (Å²) >= 11 is 0.